The first-order valence-electron chi connectivity index (χ1n) is 10.2. The maximum absolute atomic E-state index is 13.4. The molecule has 3 aromatic carbocycles. The van der Waals surface area contributed by atoms with Crippen LogP contribution in [0.1, 0.15) is 34.3 Å². The third kappa shape index (κ3) is 4.79. The van der Waals surface area contributed by atoms with Crippen LogP contribution in [0.4, 0.5) is 8.78 Å². The summed E-state index contributed by atoms with van der Waals surface area (Å²) < 4.78 is 26.5. The summed E-state index contributed by atoms with van der Waals surface area (Å²) in [6.07, 6.45) is 1.54. The number of benzene rings is 3. The summed E-state index contributed by atoms with van der Waals surface area (Å²) in [6, 6.07) is 18.8. The van der Waals surface area contributed by atoms with Gasteiger partial charge in [-0.15, -0.1) is 0 Å². The van der Waals surface area contributed by atoms with Crippen LogP contribution in [-0.2, 0) is 17.9 Å². The lowest BCUT2D eigenvalue weighted by Crippen LogP contribution is -2.23. The molecule has 0 saturated carbocycles. The van der Waals surface area contributed by atoms with Gasteiger partial charge < -0.3 is 10.2 Å². The third-order valence-electron chi connectivity index (χ3n) is 5.45. The van der Waals surface area contributed by atoms with E-state index in [2.05, 4.69) is 5.32 Å². The number of amides is 2. The second-order valence-electron chi connectivity index (χ2n) is 7.58. The van der Waals surface area contributed by atoms with E-state index in [4.69, 9.17) is 0 Å². The number of carbonyl (C=O) groups excluding carboxylic acids is 2. The molecule has 0 bridgehead atoms. The second-order valence-corrected chi connectivity index (χ2v) is 7.58. The lowest BCUT2D eigenvalue weighted by atomic mass is 9.98. The molecule has 4 nitrogen and oxygen atoms in total. The maximum atomic E-state index is 13.4. The average molecular weight is 420 g/mol. The molecule has 0 atom stereocenters. The van der Waals surface area contributed by atoms with E-state index < -0.39 is 17.5 Å². The fourth-order valence-corrected chi connectivity index (χ4v) is 3.75. The highest BCUT2D eigenvalue weighted by molar-refractivity contribution is 5.94. The van der Waals surface area contributed by atoms with Gasteiger partial charge in [-0.2, -0.15) is 0 Å². The number of hydrogen-bond acceptors (Lipinski definition) is 2. The minimum absolute atomic E-state index is 0.0668. The predicted octanol–water partition coefficient (Wildman–Crippen LogP) is 4.68. The smallest absolute Gasteiger partial charge is 0.251 e. The summed E-state index contributed by atoms with van der Waals surface area (Å²) in [5.74, 6) is -2.31. The van der Waals surface area contributed by atoms with Crippen LogP contribution in [0.5, 0.6) is 0 Å². The predicted molar refractivity (Wildman–Crippen MR) is 114 cm³/mol. The van der Waals surface area contributed by atoms with Crippen molar-refractivity contribution in [3.63, 3.8) is 0 Å². The number of nitrogens with zero attached hydrogens (tertiary/aromatic N) is 1. The van der Waals surface area contributed by atoms with Crippen LogP contribution in [0.3, 0.4) is 0 Å². The summed E-state index contributed by atoms with van der Waals surface area (Å²) in [6.45, 7) is 1.67. The molecule has 2 amide bonds. The molecule has 1 heterocycles. The van der Waals surface area contributed by atoms with Crippen LogP contribution < -0.4 is 5.32 Å². The van der Waals surface area contributed by atoms with Crippen LogP contribution in [0.2, 0.25) is 0 Å². The van der Waals surface area contributed by atoms with E-state index in [0.717, 1.165) is 47.4 Å². The SMILES string of the molecule is O=C(NCc1ccccc1-c1ccc(CN2CCCC2=O)cc1)c1ccc(F)c(F)c1. The van der Waals surface area contributed by atoms with E-state index >= 15 is 0 Å². The van der Waals surface area contributed by atoms with Gasteiger partial charge >= 0.3 is 0 Å². The van der Waals surface area contributed by atoms with Crippen molar-refractivity contribution < 1.29 is 18.4 Å². The van der Waals surface area contributed by atoms with Gasteiger partial charge in [-0.05, 0) is 46.9 Å². The molecule has 3 aromatic rings. The Morgan fingerprint density at radius 1 is 0.968 bits per heavy atom. The first kappa shape index (κ1) is 20.7. The molecular weight excluding hydrogens is 398 g/mol. The minimum atomic E-state index is -1.05. The fourth-order valence-electron chi connectivity index (χ4n) is 3.75. The topological polar surface area (TPSA) is 49.4 Å². The molecule has 0 radical (unpaired) electrons. The van der Waals surface area contributed by atoms with Crippen LogP contribution in [0.25, 0.3) is 11.1 Å². The Labute approximate surface area is 179 Å². The molecule has 0 spiro atoms. The van der Waals surface area contributed by atoms with Gasteiger partial charge in [0.05, 0.1) is 0 Å². The third-order valence-corrected chi connectivity index (χ3v) is 5.45. The molecule has 0 aliphatic carbocycles. The summed E-state index contributed by atoms with van der Waals surface area (Å²) >= 11 is 0. The zero-order valence-corrected chi connectivity index (χ0v) is 16.9. The first-order valence-corrected chi connectivity index (χ1v) is 10.2. The molecular formula is C25H22F2N2O2. The van der Waals surface area contributed by atoms with E-state index in [0.29, 0.717) is 13.0 Å². The summed E-state index contributed by atoms with van der Waals surface area (Å²) in [7, 11) is 0. The van der Waals surface area contributed by atoms with E-state index in [9.17, 15) is 18.4 Å². The van der Waals surface area contributed by atoms with Crippen LogP contribution in [0.15, 0.2) is 66.7 Å². The van der Waals surface area contributed by atoms with Crippen molar-refractivity contribution in [2.24, 2.45) is 0 Å². The van der Waals surface area contributed by atoms with Crippen molar-refractivity contribution in [2.45, 2.75) is 25.9 Å². The Balaban J connectivity index is 1.46. The average Bonchev–Trinajstić information content (AvgIpc) is 3.19. The number of likely N-dealkylation sites (tertiary alicyclic amines) is 1. The van der Waals surface area contributed by atoms with Crippen molar-refractivity contribution in [2.75, 3.05) is 6.54 Å². The molecule has 1 fully saturated rings. The number of hydrogen-bond donors (Lipinski definition) is 1. The summed E-state index contributed by atoms with van der Waals surface area (Å²) in [5, 5.41) is 2.76. The van der Waals surface area contributed by atoms with Gasteiger partial charge in [0.2, 0.25) is 5.91 Å². The van der Waals surface area contributed by atoms with Gasteiger partial charge in [-0.1, -0.05) is 48.5 Å². The lowest BCUT2D eigenvalue weighted by Gasteiger charge is -2.16. The lowest BCUT2D eigenvalue weighted by molar-refractivity contribution is -0.128. The van der Waals surface area contributed by atoms with Gasteiger partial charge in [0.15, 0.2) is 11.6 Å². The Bertz CT molecular complexity index is 1110. The molecule has 4 rings (SSSR count). The number of nitrogens with one attached hydrogen (secondary N) is 1. The van der Waals surface area contributed by atoms with Gasteiger partial charge in [0, 0.05) is 31.6 Å². The van der Waals surface area contributed by atoms with E-state index in [1.807, 2.05) is 53.4 Å². The number of halogens is 2. The standard InChI is InChI=1S/C25H22F2N2O2/c26-22-12-11-19(14-23(22)27)25(31)28-15-20-4-1-2-5-21(20)18-9-7-17(8-10-18)16-29-13-3-6-24(29)30/h1-2,4-5,7-12,14H,3,6,13,15-16H2,(H,28,31). The van der Waals surface area contributed by atoms with Gasteiger partial charge in [-0.3, -0.25) is 9.59 Å². The van der Waals surface area contributed by atoms with Crippen molar-refractivity contribution in [1.29, 1.82) is 0 Å². The second kappa shape index (κ2) is 9.08. The zero-order chi connectivity index (χ0) is 21.8. The van der Waals surface area contributed by atoms with E-state index in [1.165, 1.54) is 6.07 Å². The fraction of sp³-hybridized carbons (Fsp3) is 0.200. The van der Waals surface area contributed by atoms with Crippen LogP contribution in [-0.4, -0.2) is 23.3 Å². The normalized spacial score (nSPS) is 13.5. The Morgan fingerprint density at radius 3 is 2.45 bits per heavy atom. The van der Waals surface area contributed by atoms with E-state index in [-0.39, 0.29) is 18.0 Å². The van der Waals surface area contributed by atoms with Gasteiger partial charge in [-0.25, -0.2) is 8.78 Å². The molecule has 31 heavy (non-hydrogen) atoms. The monoisotopic (exact) mass is 420 g/mol. The maximum Gasteiger partial charge on any atom is 0.251 e. The minimum Gasteiger partial charge on any atom is -0.348 e. The molecule has 1 aliphatic rings. The highest BCUT2D eigenvalue weighted by Crippen LogP contribution is 2.25. The molecule has 1 saturated heterocycles. The summed E-state index contributed by atoms with van der Waals surface area (Å²) in [4.78, 5) is 26.0. The van der Waals surface area contributed by atoms with Crippen LogP contribution in [0, 0.1) is 11.6 Å². The van der Waals surface area contributed by atoms with Gasteiger partial charge in [0.1, 0.15) is 0 Å². The highest BCUT2D eigenvalue weighted by Gasteiger charge is 2.20. The van der Waals surface area contributed by atoms with E-state index in [1.54, 1.807) is 0 Å². The molecule has 1 N–H and O–H groups in total. The first-order chi connectivity index (χ1) is 15.0. The quantitative estimate of drug-likeness (QED) is 0.629. The van der Waals surface area contributed by atoms with Crippen molar-refractivity contribution in [3.8, 4) is 11.1 Å². The zero-order valence-electron chi connectivity index (χ0n) is 16.9. The van der Waals surface area contributed by atoms with Crippen LogP contribution >= 0.6 is 0 Å². The van der Waals surface area contributed by atoms with Crippen molar-refractivity contribution >= 4 is 11.8 Å². The Kier molecular flexibility index (Phi) is 6.07. The molecule has 1 aliphatic heterocycles. The molecule has 6 heteroatoms. The number of rotatable bonds is 6. The Hall–Kier alpha value is -3.54. The van der Waals surface area contributed by atoms with Crippen molar-refractivity contribution in [1.82, 2.24) is 10.2 Å². The highest BCUT2D eigenvalue weighted by atomic mass is 19.2. The number of carbonyl (C=O) groups is 2. The summed E-state index contributed by atoms with van der Waals surface area (Å²) in [5.41, 5.74) is 4.01. The van der Waals surface area contributed by atoms with Crippen molar-refractivity contribution in [3.05, 3.63) is 95.1 Å². The molecule has 0 unspecified atom stereocenters. The Morgan fingerprint density at radius 2 is 1.74 bits per heavy atom. The van der Waals surface area contributed by atoms with Gasteiger partial charge in [0.25, 0.3) is 5.91 Å². The molecule has 0 aromatic heterocycles. The largest absolute Gasteiger partial charge is 0.348 e. The molecule has 158 valence electrons.